The van der Waals surface area contributed by atoms with E-state index in [0.717, 1.165) is 12.2 Å². The molecule has 96 valence electrons. The molecule has 0 aliphatic heterocycles. The summed E-state index contributed by atoms with van der Waals surface area (Å²) < 4.78 is 18.3. The first-order chi connectivity index (χ1) is 8.66. The number of furan rings is 1. The quantitative estimate of drug-likeness (QED) is 0.856. The van der Waals surface area contributed by atoms with Crippen molar-refractivity contribution in [1.82, 2.24) is 5.32 Å². The molecule has 1 aromatic heterocycles. The van der Waals surface area contributed by atoms with Gasteiger partial charge >= 0.3 is 0 Å². The Morgan fingerprint density at radius 3 is 2.94 bits per heavy atom. The first-order valence-electron chi connectivity index (χ1n) is 5.91. The largest absolute Gasteiger partial charge is 0.508 e. The van der Waals surface area contributed by atoms with Gasteiger partial charge in [0.15, 0.2) is 0 Å². The lowest BCUT2D eigenvalue weighted by molar-refractivity contribution is 0.445. The van der Waals surface area contributed by atoms with E-state index >= 15 is 0 Å². The topological polar surface area (TPSA) is 45.4 Å². The fraction of sp³-hybridized carbons (Fsp3) is 0.286. The average Bonchev–Trinajstić information content (AvgIpc) is 2.85. The van der Waals surface area contributed by atoms with Crippen LogP contribution < -0.4 is 5.32 Å². The molecule has 0 aliphatic carbocycles. The van der Waals surface area contributed by atoms with Crippen molar-refractivity contribution in [2.24, 2.45) is 0 Å². The van der Waals surface area contributed by atoms with E-state index in [4.69, 9.17) is 4.42 Å². The third-order valence-corrected chi connectivity index (χ3v) is 2.86. The Morgan fingerprint density at radius 1 is 1.39 bits per heavy atom. The highest BCUT2D eigenvalue weighted by Crippen LogP contribution is 2.24. The molecule has 2 aromatic rings. The van der Waals surface area contributed by atoms with Gasteiger partial charge in [0.1, 0.15) is 17.3 Å². The Balaban J connectivity index is 1.91. The van der Waals surface area contributed by atoms with E-state index in [9.17, 15) is 9.50 Å². The Labute approximate surface area is 105 Å². The normalized spacial score (nSPS) is 12.6. The minimum Gasteiger partial charge on any atom is -0.508 e. The molecule has 2 rings (SSSR count). The molecule has 3 nitrogen and oxygen atoms in total. The highest BCUT2D eigenvalue weighted by atomic mass is 19.1. The molecule has 0 saturated heterocycles. The van der Waals surface area contributed by atoms with Gasteiger partial charge in [-0.25, -0.2) is 4.39 Å². The molecular weight excluding hydrogens is 233 g/mol. The molecule has 0 bridgehead atoms. The van der Waals surface area contributed by atoms with Crippen molar-refractivity contribution in [2.45, 2.75) is 19.4 Å². The van der Waals surface area contributed by atoms with Crippen LogP contribution in [0.4, 0.5) is 4.39 Å². The van der Waals surface area contributed by atoms with Crippen LogP contribution in [-0.4, -0.2) is 11.7 Å². The van der Waals surface area contributed by atoms with Gasteiger partial charge in [-0.2, -0.15) is 0 Å². The fourth-order valence-corrected chi connectivity index (χ4v) is 1.85. The van der Waals surface area contributed by atoms with Gasteiger partial charge in [-0.1, -0.05) is 0 Å². The zero-order chi connectivity index (χ0) is 13.0. The Hall–Kier alpha value is -1.81. The van der Waals surface area contributed by atoms with Crippen molar-refractivity contribution in [1.29, 1.82) is 0 Å². The second kappa shape index (κ2) is 5.69. The molecule has 0 spiro atoms. The SMILES string of the molecule is CC(NCCc1ccco1)c1cc(F)ccc1O. The van der Waals surface area contributed by atoms with Crippen LogP contribution >= 0.6 is 0 Å². The van der Waals surface area contributed by atoms with Crippen molar-refractivity contribution < 1.29 is 13.9 Å². The zero-order valence-electron chi connectivity index (χ0n) is 10.2. The average molecular weight is 249 g/mol. The molecule has 0 aliphatic rings. The molecule has 0 radical (unpaired) electrons. The molecule has 0 fully saturated rings. The van der Waals surface area contributed by atoms with Gasteiger partial charge in [0.05, 0.1) is 6.26 Å². The van der Waals surface area contributed by atoms with E-state index in [1.54, 1.807) is 6.26 Å². The molecule has 1 heterocycles. The maximum absolute atomic E-state index is 13.1. The summed E-state index contributed by atoms with van der Waals surface area (Å²) in [5, 5.41) is 12.9. The molecule has 0 amide bonds. The predicted molar refractivity (Wildman–Crippen MR) is 66.9 cm³/mol. The number of phenolic OH excluding ortho intramolecular Hbond substituents is 1. The number of rotatable bonds is 5. The highest BCUT2D eigenvalue weighted by molar-refractivity contribution is 5.34. The standard InChI is InChI=1S/C14H16FNO2/c1-10(13-9-11(15)4-5-14(13)17)16-7-6-12-3-2-8-18-12/h2-5,8-10,16-17H,6-7H2,1H3. The minimum atomic E-state index is -0.345. The summed E-state index contributed by atoms with van der Waals surface area (Å²) in [6, 6.07) is 7.60. The first-order valence-corrected chi connectivity index (χ1v) is 5.91. The summed E-state index contributed by atoms with van der Waals surface area (Å²) in [7, 11) is 0. The first kappa shape index (κ1) is 12.6. The fourth-order valence-electron chi connectivity index (χ4n) is 1.85. The van der Waals surface area contributed by atoms with Gasteiger partial charge in [-0.05, 0) is 37.3 Å². The van der Waals surface area contributed by atoms with Crippen molar-refractivity contribution in [2.75, 3.05) is 6.54 Å². The maximum Gasteiger partial charge on any atom is 0.123 e. The van der Waals surface area contributed by atoms with Crippen LogP contribution in [0.3, 0.4) is 0 Å². The smallest absolute Gasteiger partial charge is 0.123 e. The number of aromatic hydroxyl groups is 1. The summed E-state index contributed by atoms with van der Waals surface area (Å²) in [4.78, 5) is 0. The van der Waals surface area contributed by atoms with Crippen LogP contribution in [0.15, 0.2) is 41.0 Å². The van der Waals surface area contributed by atoms with Crippen LogP contribution in [-0.2, 0) is 6.42 Å². The Bertz CT molecular complexity index is 497. The number of nitrogens with one attached hydrogen (secondary N) is 1. The highest BCUT2D eigenvalue weighted by Gasteiger charge is 2.10. The molecule has 18 heavy (non-hydrogen) atoms. The third-order valence-electron chi connectivity index (χ3n) is 2.86. The monoisotopic (exact) mass is 249 g/mol. The van der Waals surface area contributed by atoms with Gasteiger partial charge in [-0.15, -0.1) is 0 Å². The van der Waals surface area contributed by atoms with E-state index in [1.165, 1.54) is 18.2 Å². The van der Waals surface area contributed by atoms with Crippen LogP contribution in [0.2, 0.25) is 0 Å². The molecule has 1 unspecified atom stereocenters. The predicted octanol–water partition coefficient (Wildman–Crippen LogP) is 3.02. The van der Waals surface area contributed by atoms with Crippen LogP contribution in [0.5, 0.6) is 5.75 Å². The Morgan fingerprint density at radius 2 is 2.22 bits per heavy atom. The van der Waals surface area contributed by atoms with Gasteiger partial charge in [0, 0.05) is 24.6 Å². The van der Waals surface area contributed by atoms with Crippen LogP contribution in [0.1, 0.15) is 24.3 Å². The number of hydrogen-bond acceptors (Lipinski definition) is 3. The molecule has 4 heteroatoms. The van der Waals surface area contributed by atoms with Crippen molar-refractivity contribution in [3.05, 3.63) is 53.7 Å². The van der Waals surface area contributed by atoms with Gasteiger partial charge in [0.25, 0.3) is 0 Å². The molecule has 1 atom stereocenters. The minimum absolute atomic E-state index is 0.106. The van der Waals surface area contributed by atoms with E-state index in [0.29, 0.717) is 12.1 Å². The molecule has 0 saturated carbocycles. The lowest BCUT2D eigenvalue weighted by atomic mass is 10.1. The maximum atomic E-state index is 13.1. The zero-order valence-corrected chi connectivity index (χ0v) is 10.2. The van der Waals surface area contributed by atoms with E-state index in [1.807, 2.05) is 19.1 Å². The summed E-state index contributed by atoms with van der Waals surface area (Å²) in [6.45, 7) is 2.58. The molecule has 1 aromatic carbocycles. The second-order valence-electron chi connectivity index (χ2n) is 4.21. The third kappa shape index (κ3) is 3.11. The lowest BCUT2D eigenvalue weighted by Gasteiger charge is -2.15. The number of benzene rings is 1. The number of hydrogen-bond donors (Lipinski definition) is 2. The van der Waals surface area contributed by atoms with Gasteiger partial charge in [-0.3, -0.25) is 0 Å². The summed E-state index contributed by atoms with van der Waals surface area (Å²) in [5.74, 6) is 0.662. The second-order valence-corrected chi connectivity index (χ2v) is 4.21. The Kier molecular flexibility index (Phi) is 3.99. The summed E-state index contributed by atoms with van der Waals surface area (Å²) in [5.41, 5.74) is 0.564. The number of phenols is 1. The van der Waals surface area contributed by atoms with E-state index < -0.39 is 0 Å². The van der Waals surface area contributed by atoms with Crippen molar-refractivity contribution in [3.63, 3.8) is 0 Å². The van der Waals surface area contributed by atoms with E-state index in [2.05, 4.69) is 5.32 Å². The van der Waals surface area contributed by atoms with Gasteiger partial charge < -0.3 is 14.8 Å². The number of halogens is 1. The van der Waals surface area contributed by atoms with Crippen molar-refractivity contribution in [3.8, 4) is 5.75 Å². The summed E-state index contributed by atoms with van der Waals surface area (Å²) >= 11 is 0. The van der Waals surface area contributed by atoms with Gasteiger partial charge in [0.2, 0.25) is 0 Å². The van der Waals surface area contributed by atoms with E-state index in [-0.39, 0.29) is 17.6 Å². The van der Waals surface area contributed by atoms with Crippen LogP contribution in [0, 0.1) is 5.82 Å². The summed E-state index contributed by atoms with van der Waals surface area (Å²) in [6.07, 6.45) is 2.39. The van der Waals surface area contributed by atoms with Crippen LogP contribution in [0.25, 0.3) is 0 Å². The molecule has 2 N–H and O–H groups in total. The lowest BCUT2D eigenvalue weighted by Crippen LogP contribution is -2.21. The molecular formula is C14H16FNO2. The van der Waals surface area contributed by atoms with Crippen molar-refractivity contribution >= 4 is 0 Å².